The molecule has 0 fully saturated rings. The number of hydrogen-bond donors (Lipinski definition) is 1. The van der Waals surface area contributed by atoms with Crippen LogP contribution in [0, 0.1) is 0 Å². The first-order valence-corrected chi connectivity index (χ1v) is 11.8. The van der Waals surface area contributed by atoms with E-state index in [9.17, 15) is 9.59 Å². The number of carbonyl (C=O) groups excluding carboxylic acids is 2. The molecule has 9 heteroatoms. The molecule has 8 nitrogen and oxygen atoms in total. The second kappa shape index (κ2) is 10.8. The first-order chi connectivity index (χ1) is 16.6. The molecule has 0 spiro atoms. The Labute approximate surface area is 201 Å². The molecule has 0 unspecified atom stereocenters. The molecule has 0 saturated carbocycles. The fourth-order valence-corrected chi connectivity index (χ4v) is 4.43. The molecule has 0 aliphatic carbocycles. The summed E-state index contributed by atoms with van der Waals surface area (Å²) in [5.74, 6) is -2.31. The lowest BCUT2D eigenvalue weighted by atomic mass is 10.1. The third-order valence-electron chi connectivity index (χ3n) is 5.00. The van der Waals surface area contributed by atoms with Crippen LogP contribution >= 0.6 is 11.3 Å². The molecule has 174 valence electrons. The summed E-state index contributed by atoms with van der Waals surface area (Å²) in [5.41, 5.74) is 2.79. The Morgan fingerprint density at radius 1 is 0.971 bits per heavy atom. The van der Waals surface area contributed by atoms with Crippen molar-refractivity contribution in [1.29, 1.82) is 0 Å². The highest BCUT2D eigenvalue weighted by Gasteiger charge is 2.35. The average molecular weight is 477 g/mol. The topological polar surface area (TPSA) is 103 Å². The summed E-state index contributed by atoms with van der Waals surface area (Å²) in [6, 6.07) is 15.6. The number of pyridine rings is 1. The van der Waals surface area contributed by atoms with Gasteiger partial charge in [-0.2, -0.15) is 0 Å². The van der Waals surface area contributed by atoms with Gasteiger partial charge in [-0.25, -0.2) is 9.97 Å². The predicted octanol–water partition coefficient (Wildman–Crippen LogP) is 4.58. The number of aromatic nitrogens is 3. The van der Waals surface area contributed by atoms with Gasteiger partial charge in [0.1, 0.15) is 10.6 Å². The smallest absolute Gasteiger partial charge is 0.328 e. The minimum Gasteiger partial charge on any atom is -0.465 e. The number of benzene rings is 1. The lowest BCUT2D eigenvalue weighted by molar-refractivity contribution is -0.157. The SMILES string of the molecule is CCOC(=O)C(C(=O)OCC)c1nc(NCc2ccccn2)c2c(-c3ccccc3)csc2n1. The van der Waals surface area contributed by atoms with E-state index in [-0.39, 0.29) is 19.0 Å². The fraction of sp³-hybridized carbons (Fsp3) is 0.240. The molecule has 0 aliphatic rings. The van der Waals surface area contributed by atoms with Crippen LogP contribution in [0.1, 0.15) is 31.3 Å². The third-order valence-corrected chi connectivity index (χ3v) is 5.87. The number of nitrogens with zero attached hydrogens (tertiary/aromatic N) is 3. The molecule has 0 bridgehead atoms. The molecule has 3 aromatic heterocycles. The van der Waals surface area contributed by atoms with Gasteiger partial charge in [-0.3, -0.25) is 14.6 Å². The van der Waals surface area contributed by atoms with E-state index < -0.39 is 17.9 Å². The van der Waals surface area contributed by atoms with Gasteiger partial charge in [0.05, 0.1) is 30.8 Å². The summed E-state index contributed by atoms with van der Waals surface area (Å²) in [7, 11) is 0. The standard InChI is InChI=1S/C25H24N4O4S/c1-3-32-24(30)20(25(31)33-4-2)22-28-21(27-14-17-12-8-9-13-26-17)19-18(15-34-23(19)29-22)16-10-6-5-7-11-16/h5-13,15,20H,3-4,14H2,1-2H3,(H,27,28,29). The lowest BCUT2D eigenvalue weighted by Gasteiger charge is -2.15. The minimum absolute atomic E-state index is 0.0365. The van der Waals surface area contributed by atoms with E-state index in [1.54, 1.807) is 20.0 Å². The first-order valence-electron chi connectivity index (χ1n) is 10.9. The van der Waals surface area contributed by atoms with Crippen molar-refractivity contribution >= 4 is 39.3 Å². The second-order valence-electron chi connectivity index (χ2n) is 7.24. The molecule has 0 atom stereocenters. The van der Waals surface area contributed by atoms with Crippen LogP contribution in [0.4, 0.5) is 5.82 Å². The van der Waals surface area contributed by atoms with Gasteiger partial charge in [0.15, 0.2) is 5.82 Å². The quantitative estimate of drug-likeness (QED) is 0.277. The van der Waals surface area contributed by atoms with Gasteiger partial charge in [0.2, 0.25) is 5.92 Å². The molecule has 4 aromatic rings. The van der Waals surface area contributed by atoms with Gasteiger partial charge in [0.25, 0.3) is 0 Å². The number of thiophene rings is 1. The van der Waals surface area contributed by atoms with Crippen LogP contribution in [-0.2, 0) is 25.6 Å². The molecular weight excluding hydrogens is 452 g/mol. The highest BCUT2D eigenvalue weighted by molar-refractivity contribution is 7.17. The number of rotatable bonds is 9. The van der Waals surface area contributed by atoms with Crippen molar-refractivity contribution in [3.05, 3.63) is 71.6 Å². The van der Waals surface area contributed by atoms with Crippen molar-refractivity contribution in [2.24, 2.45) is 0 Å². The number of ether oxygens (including phenoxy) is 2. The molecule has 0 amide bonds. The number of nitrogens with one attached hydrogen (secondary N) is 1. The van der Waals surface area contributed by atoms with Crippen molar-refractivity contribution in [2.75, 3.05) is 18.5 Å². The fourth-order valence-electron chi connectivity index (χ4n) is 3.48. The van der Waals surface area contributed by atoms with Crippen LogP contribution in [-0.4, -0.2) is 40.1 Å². The van der Waals surface area contributed by atoms with E-state index in [0.29, 0.717) is 17.2 Å². The molecular formula is C25H24N4O4S. The summed E-state index contributed by atoms with van der Waals surface area (Å²) >= 11 is 1.42. The largest absolute Gasteiger partial charge is 0.465 e. The van der Waals surface area contributed by atoms with E-state index in [4.69, 9.17) is 9.47 Å². The van der Waals surface area contributed by atoms with E-state index in [2.05, 4.69) is 20.3 Å². The number of esters is 2. The Kier molecular flexibility index (Phi) is 7.44. The maximum atomic E-state index is 12.7. The minimum atomic E-state index is -1.37. The van der Waals surface area contributed by atoms with E-state index in [1.165, 1.54) is 11.3 Å². The average Bonchev–Trinajstić information content (AvgIpc) is 3.28. The molecule has 4 rings (SSSR count). The third kappa shape index (κ3) is 5.04. The van der Waals surface area contributed by atoms with Gasteiger partial charge in [0, 0.05) is 17.1 Å². The van der Waals surface area contributed by atoms with Crippen molar-refractivity contribution in [2.45, 2.75) is 26.3 Å². The van der Waals surface area contributed by atoms with Crippen LogP contribution < -0.4 is 5.32 Å². The number of anilines is 1. The van der Waals surface area contributed by atoms with E-state index >= 15 is 0 Å². The molecule has 0 saturated heterocycles. The van der Waals surface area contributed by atoms with Crippen molar-refractivity contribution in [1.82, 2.24) is 15.0 Å². The van der Waals surface area contributed by atoms with Crippen LogP contribution in [0.25, 0.3) is 21.3 Å². The van der Waals surface area contributed by atoms with Crippen molar-refractivity contribution in [3.63, 3.8) is 0 Å². The summed E-state index contributed by atoms with van der Waals surface area (Å²) in [4.78, 5) is 39.6. The normalized spacial score (nSPS) is 10.9. The van der Waals surface area contributed by atoms with Gasteiger partial charge < -0.3 is 14.8 Å². The maximum Gasteiger partial charge on any atom is 0.328 e. The molecule has 34 heavy (non-hydrogen) atoms. The van der Waals surface area contributed by atoms with Gasteiger partial charge >= 0.3 is 11.9 Å². The summed E-state index contributed by atoms with van der Waals surface area (Å²) in [5, 5.41) is 6.13. The van der Waals surface area contributed by atoms with Crippen molar-refractivity contribution < 1.29 is 19.1 Å². The van der Waals surface area contributed by atoms with Gasteiger partial charge in [-0.15, -0.1) is 11.3 Å². The zero-order valence-electron chi connectivity index (χ0n) is 18.9. The highest BCUT2D eigenvalue weighted by atomic mass is 32.1. The summed E-state index contributed by atoms with van der Waals surface area (Å²) in [6.07, 6.45) is 1.72. The zero-order valence-corrected chi connectivity index (χ0v) is 19.7. The Morgan fingerprint density at radius 2 is 1.68 bits per heavy atom. The Bertz CT molecular complexity index is 1260. The first kappa shape index (κ1) is 23.3. The predicted molar refractivity (Wildman–Crippen MR) is 130 cm³/mol. The number of fused-ring (bicyclic) bond motifs is 1. The Morgan fingerprint density at radius 3 is 2.32 bits per heavy atom. The monoisotopic (exact) mass is 476 g/mol. The highest BCUT2D eigenvalue weighted by Crippen LogP contribution is 2.38. The maximum absolute atomic E-state index is 12.7. The van der Waals surface area contributed by atoms with Crippen molar-refractivity contribution in [3.8, 4) is 11.1 Å². The summed E-state index contributed by atoms with van der Waals surface area (Å²) < 4.78 is 10.3. The number of carbonyl (C=O) groups is 2. The van der Waals surface area contributed by atoms with Crippen LogP contribution in [0.5, 0.6) is 0 Å². The molecule has 3 heterocycles. The molecule has 0 radical (unpaired) electrons. The molecule has 1 aromatic carbocycles. The number of hydrogen-bond acceptors (Lipinski definition) is 9. The Hall–Kier alpha value is -3.85. The van der Waals surface area contributed by atoms with E-state index in [1.807, 2.05) is 53.9 Å². The van der Waals surface area contributed by atoms with Crippen LogP contribution in [0.2, 0.25) is 0 Å². The Balaban J connectivity index is 1.83. The molecule has 1 N–H and O–H groups in total. The zero-order chi connectivity index (χ0) is 23.9. The van der Waals surface area contributed by atoms with E-state index in [0.717, 1.165) is 22.2 Å². The lowest BCUT2D eigenvalue weighted by Crippen LogP contribution is -2.28. The van der Waals surface area contributed by atoms with Gasteiger partial charge in [-0.05, 0) is 31.5 Å². The second-order valence-corrected chi connectivity index (χ2v) is 8.10. The van der Waals surface area contributed by atoms with Gasteiger partial charge in [-0.1, -0.05) is 36.4 Å². The summed E-state index contributed by atoms with van der Waals surface area (Å²) in [6.45, 7) is 4.00. The van der Waals surface area contributed by atoms with Crippen LogP contribution in [0.15, 0.2) is 60.1 Å². The molecule has 0 aliphatic heterocycles. The van der Waals surface area contributed by atoms with Crippen LogP contribution in [0.3, 0.4) is 0 Å².